The molecule has 0 aromatic heterocycles. The molecule has 3 N–H and O–H groups in total. The Hall–Kier alpha value is -3.20. The molecule has 1 unspecified atom stereocenters. The molecule has 3 rings (SSSR count). The van der Waals surface area contributed by atoms with E-state index in [1.165, 1.54) is 42.5 Å². The van der Waals surface area contributed by atoms with Gasteiger partial charge in [-0.3, -0.25) is 4.79 Å². The lowest BCUT2D eigenvalue weighted by molar-refractivity contribution is -0.122. The van der Waals surface area contributed by atoms with Crippen molar-refractivity contribution in [2.75, 3.05) is 0 Å². The van der Waals surface area contributed by atoms with Crippen LogP contribution >= 0.6 is 11.6 Å². The number of aromatic carboxylic acids is 1. The van der Waals surface area contributed by atoms with E-state index in [0.717, 1.165) is 4.31 Å². The molecule has 0 spiro atoms. The molecule has 1 amide bonds. The Morgan fingerprint density at radius 1 is 0.968 bits per heavy atom. The normalized spacial score (nSPS) is 12.5. The van der Waals surface area contributed by atoms with Crippen molar-refractivity contribution < 1.29 is 23.1 Å². The number of rotatable bonds is 8. The number of carboxylic acids is 1. The highest BCUT2D eigenvalue weighted by atomic mass is 35.5. The van der Waals surface area contributed by atoms with E-state index in [4.69, 9.17) is 17.3 Å². The summed E-state index contributed by atoms with van der Waals surface area (Å²) in [6.45, 7) is -0.269. The zero-order chi connectivity index (χ0) is 22.6. The highest BCUT2D eigenvalue weighted by Crippen LogP contribution is 2.30. The number of halogens is 1. The van der Waals surface area contributed by atoms with Gasteiger partial charge in [-0.1, -0.05) is 54.1 Å². The first kappa shape index (κ1) is 22.5. The average Bonchev–Trinajstić information content (AvgIpc) is 2.74. The van der Waals surface area contributed by atoms with Crippen LogP contribution in [0, 0.1) is 0 Å². The molecule has 3 aromatic rings. The fourth-order valence-corrected chi connectivity index (χ4v) is 4.85. The number of nitrogens with two attached hydrogens (primary N) is 1. The van der Waals surface area contributed by atoms with E-state index in [1.807, 2.05) is 0 Å². The van der Waals surface area contributed by atoms with Gasteiger partial charge in [0.15, 0.2) is 0 Å². The second-order valence-corrected chi connectivity index (χ2v) is 9.05. The average molecular weight is 459 g/mol. The van der Waals surface area contributed by atoms with Gasteiger partial charge >= 0.3 is 5.97 Å². The Labute approximate surface area is 184 Å². The van der Waals surface area contributed by atoms with Crippen LogP contribution < -0.4 is 5.73 Å². The number of sulfonamides is 1. The summed E-state index contributed by atoms with van der Waals surface area (Å²) in [5.74, 6) is -2.01. The third kappa shape index (κ3) is 5.11. The topological polar surface area (TPSA) is 118 Å². The van der Waals surface area contributed by atoms with E-state index in [2.05, 4.69) is 0 Å². The lowest BCUT2D eigenvalue weighted by Crippen LogP contribution is -2.41. The Bertz CT molecular complexity index is 1200. The van der Waals surface area contributed by atoms with Crippen molar-refractivity contribution in [3.05, 3.63) is 101 Å². The minimum atomic E-state index is -4.22. The zero-order valence-electron chi connectivity index (χ0n) is 16.2. The van der Waals surface area contributed by atoms with Crippen LogP contribution in [0.25, 0.3) is 0 Å². The molecule has 3 aromatic carbocycles. The van der Waals surface area contributed by atoms with E-state index < -0.39 is 27.9 Å². The van der Waals surface area contributed by atoms with Crippen molar-refractivity contribution in [1.82, 2.24) is 4.31 Å². The molecule has 0 saturated carbocycles. The number of benzene rings is 3. The van der Waals surface area contributed by atoms with Crippen molar-refractivity contribution in [2.24, 2.45) is 5.73 Å². The second kappa shape index (κ2) is 9.30. The quantitative estimate of drug-likeness (QED) is 0.536. The largest absolute Gasteiger partial charge is 0.478 e. The van der Waals surface area contributed by atoms with Gasteiger partial charge in [-0.05, 0) is 47.5 Å². The molecule has 0 aliphatic carbocycles. The maximum absolute atomic E-state index is 13.5. The molecule has 0 bridgehead atoms. The van der Waals surface area contributed by atoms with E-state index in [-0.39, 0.29) is 17.0 Å². The number of carbonyl (C=O) groups excluding carboxylic acids is 1. The Morgan fingerprint density at radius 3 is 2.19 bits per heavy atom. The van der Waals surface area contributed by atoms with Crippen molar-refractivity contribution >= 4 is 33.5 Å². The van der Waals surface area contributed by atoms with Gasteiger partial charge in [0.25, 0.3) is 0 Å². The number of carbonyl (C=O) groups is 2. The summed E-state index contributed by atoms with van der Waals surface area (Å²) in [4.78, 5) is 23.7. The van der Waals surface area contributed by atoms with Gasteiger partial charge in [0.05, 0.1) is 10.5 Å². The van der Waals surface area contributed by atoms with Crippen molar-refractivity contribution in [2.45, 2.75) is 17.5 Å². The first-order chi connectivity index (χ1) is 14.7. The molecule has 0 fully saturated rings. The third-order valence-corrected chi connectivity index (χ3v) is 6.68. The Kier molecular flexibility index (Phi) is 6.74. The zero-order valence-corrected chi connectivity index (χ0v) is 17.8. The lowest BCUT2D eigenvalue weighted by atomic mass is 10.1. The molecular weight excluding hydrogens is 440 g/mol. The monoisotopic (exact) mass is 458 g/mol. The lowest BCUT2D eigenvalue weighted by Gasteiger charge is -2.29. The molecule has 0 saturated heterocycles. The molecule has 0 radical (unpaired) electrons. The standard InChI is InChI=1S/C22H19ClN2O5S/c23-18-9-11-19(12-10-18)31(29,30)25(14-15-5-4-8-17(13-15)22(27)28)20(21(24)26)16-6-2-1-3-7-16/h1-13,20H,14H2,(H2,24,26)(H,27,28). The first-order valence-corrected chi connectivity index (χ1v) is 11.0. The number of hydrogen-bond acceptors (Lipinski definition) is 4. The first-order valence-electron chi connectivity index (χ1n) is 9.14. The van der Waals surface area contributed by atoms with Crippen LogP contribution in [-0.2, 0) is 21.4 Å². The summed E-state index contributed by atoms with van der Waals surface area (Å²) in [5.41, 5.74) is 6.42. The smallest absolute Gasteiger partial charge is 0.335 e. The van der Waals surface area contributed by atoms with Gasteiger partial charge < -0.3 is 10.8 Å². The fraction of sp³-hybridized carbons (Fsp3) is 0.0909. The highest BCUT2D eigenvalue weighted by Gasteiger charge is 2.36. The molecule has 160 valence electrons. The van der Waals surface area contributed by atoms with Crippen LogP contribution in [-0.4, -0.2) is 29.7 Å². The molecule has 0 aliphatic heterocycles. The molecule has 1 atom stereocenters. The van der Waals surface area contributed by atoms with E-state index in [1.54, 1.807) is 36.4 Å². The van der Waals surface area contributed by atoms with E-state index >= 15 is 0 Å². The van der Waals surface area contributed by atoms with Gasteiger partial charge in [-0.2, -0.15) is 4.31 Å². The molecular formula is C22H19ClN2O5S. The molecule has 7 nitrogen and oxygen atoms in total. The minimum Gasteiger partial charge on any atom is -0.478 e. The molecule has 9 heteroatoms. The van der Waals surface area contributed by atoms with Crippen LogP contribution in [0.5, 0.6) is 0 Å². The SMILES string of the molecule is NC(=O)C(c1ccccc1)N(Cc1cccc(C(=O)O)c1)S(=O)(=O)c1ccc(Cl)cc1. The van der Waals surface area contributed by atoms with Crippen LogP contribution in [0.2, 0.25) is 5.02 Å². The van der Waals surface area contributed by atoms with Gasteiger partial charge in [-0.25, -0.2) is 13.2 Å². The number of primary amides is 1. The summed E-state index contributed by atoms with van der Waals surface area (Å²) in [6, 6.07) is 18.3. The summed E-state index contributed by atoms with van der Waals surface area (Å²) < 4.78 is 28.1. The molecule has 0 heterocycles. The highest BCUT2D eigenvalue weighted by molar-refractivity contribution is 7.89. The summed E-state index contributed by atoms with van der Waals surface area (Å²) in [5, 5.41) is 9.62. The second-order valence-electron chi connectivity index (χ2n) is 6.73. The molecule has 0 aliphatic rings. The van der Waals surface area contributed by atoms with Crippen LogP contribution in [0.3, 0.4) is 0 Å². The van der Waals surface area contributed by atoms with Gasteiger partial charge in [-0.15, -0.1) is 0 Å². The van der Waals surface area contributed by atoms with Gasteiger partial charge in [0.2, 0.25) is 15.9 Å². The van der Waals surface area contributed by atoms with Gasteiger partial charge in [0, 0.05) is 11.6 Å². The number of carboxylic acid groups (broad SMARTS) is 1. The Morgan fingerprint density at radius 2 is 1.61 bits per heavy atom. The maximum Gasteiger partial charge on any atom is 0.335 e. The van der Waals surface area contributed by atoms with Crippen molar-refractivity contribution in [3.8, 4) is 0 Å². The van der Waals surface area contributed by atoms with Gasteiger partial charge in [0.1, 0.15) is 6.04 Å². The van der Waals surface area contributed by atoms with Crippen LogP contribution in [0.1, 0.15) is 27.5 Å². The summed E-state index contributed by atoms with van der Waals surface area (Å²) in [6.07, 6.45) is 0. The number of hydrogen-bond donors (Lipinski definition) is 2. The predicted molar refractivity (Wildman–Crippen MR) is 116 cm³/mol. The van der Waals surface area contributed by atoms with E-state index in [0.29, 0.717) is 16.1 Å². The van der Waals surface area contributed by atoms with Crippen molar-refractivity contribution in [1.29, 1.82) is 0 Å². The third-order valence-electron chi connectivity index (χ3n) is 4.61. The predicted octanol–water partition coefficient (Wildman–Crippen LogP) is 3.46. The summed E-state index contributed by atoms with van der Waals surface area (Å²) in [7, 11) is -4.22. The number of amides is 1. The Balaban J connectivity index is 2.15. The van der Waals surface area contributed by atoms with Crippen molar-refractivity contribution in [3.63, 3.8) is 0 Å². The fourth-order valence-electron chi connectivity index (χ4n) is 3.15. The molecule has 31 heavy (non-hydrogen) atoms. The number of nitrogens with zero attached hydrogens (tertiary/aromatic N) is 1. The minimum absolute atomic E-state index is 0.00308. The van der Waals surface area contributed by atoms with Crippen LogP contribution in [0.15, 0.2) is 83.8 Å². The van der Waals surface area contributed by atoms with E-state index in [9.17, 15) is 23.1 Å². The summed E-state index contributed by atoms with van der Waals surface area (Å²) >= 11 is 5.89. The van der Waals surface area contributed by atoms with Crippen LogP contribution in [0.4, 0.5) is 0 Å². The maximum atomic E-state index is 13.5.